The number of Topliss-reactive ketones (excluding diaryl/α,β-unsaturated/α-hetero) is 1. The standard InChI is InChI=1S/C12H12FN3O/c1-16-5-4-15-12(16)7-11(17)8-2-3-10(14)9(13)6-8/h2-6H,7,14H2,1H3. The maximum Gasteiger partial charge on any atom is 0.170 e. The maximum atomic E-state index is 13.2. The van der Waals surface area contributed by atoms with Crippen molar-refractivity contribution in [3.05, 3.63) is 47.8 Å². The summed E-state index contributed by atoms with van der Waals surface area (Å²) in [6.45, 7) is 0. The van der Waals surface area contributed by atoms with Crippen molar-refractivity contribution in [2.24, 2.45) is 7.05 Å². The predicted octanol–water partition coefficient (Wildman–Crippen LogP) is 1.57. The van der Waals surface area contributed by atoms with Crippen LogP contribution in [0.4, 0.5) is 10.1 Å². The SMILES string of the molecule is Cn1ccnc1CC(=O)c1ccc(N)c(F)c1. The molecule has 0 fully saturated rings. The van der Waals surface area contributed by atoms with E-state index in [1.54, 1.807) is 24.0 Å². The monoisotopic (exact) mass is 233 g/mol. The summed E-state index contributed by atoms with van der Waals surface area (Å²) in [5.41, 5.74) is 5.69. The van der Waals surface area contributed by atoms with E-state index < -0.39 is 5.82 Å². The minimum Gasteiger partial charge on any atom is -0.396 e. The molecule has 0 aliphatic heterocycles. The number of ketones is 1. The van der Waals surface area contributed by atoms with Gasteiger partial charge in [-0.05, 0) is 18.2 Å². The summed E-state index contributed by atoms with van der Waals surface area (Å²) in [5, 5.41) is 0. The first-order valence-electron chi connectivity index (χ1n) is 5.12. The van der Waals surface area contributed by atoms with Crippen molar-refractivity contribution in [2.45, 2.75) is 6.42 Å². The molecular weight excluding hydrogens is 221 g/mol. The molecule has 1 aromatic carbocycles. The lowest BCUT2D eigenvalue weighted by atomic mass is 10.1. The van der Waals surface area contributed by atoms with Crippen molar-refractivity contribution < 1.29 is 9.18 Å². The van der Waals surface area contributed by atoms with Gasteiger partial charge in [0.15, 0.2) is 5.78 Å². The number of aryl methyl sites for hydroxylation is 1. The molecule has 2 N–H and O–H groups in total. The quantitative estimate of drug-likeness (QED) is 0.646. The van der Waals surface area contributed by atoms with E-state index in [0.29, 0.717) is 11.4 Å². The first-order valence-corrected chi connectivity index (χ1v) is 5.12. The normalized spacial score (nSPS) is 10.5. The third-order valence-electron chi connectivity index (χ3n) is 2.56. The van der Waals surface area contributed by atoms with Crippen molar-refractivity contribution >= 4 is 11.5 Å². The van der Waals surface area contributed by atoms with Crippen molar-refractivity contribution in [1.29, 1.82) is 0 Å². The van der Waals surface area contributed by atoms with Crippen LogP contribution in [-0.4, -0.2) is 15.3 Å². The summed E-state index contributed by atoms with van der Waals surface area (Å²) in [5.74, 6) is -0.110. The summed E-state index contributed by atoms with van der Waals surface area (Å²) in [6.07, 6.45) is 3.52. The highest BCUT2D eigenvalue weighted by Gasteiger charge is 2.11. The van der Waals surface area contributed by atoms with E-state index in [1.807, 2.05) is 0 Å². The van der Waals surface area contributed by atoms with Gasteiger partial charge < -0.3 is 10.3 Å². The smallest absolute Gasteiger partial charge is 0.170 e. The summed E-state index contributed by atoms with van der Waals surface area (Å²) >= 11 is 0. The summed E-state index contributed by atoms with van der Waals surface area (Å²) in [4.78, 5) is 15.9. The van der Waals surface area contributed by atoms with Crippen LogP contribution in [0.1, 0.15) is 16.2 Å². The Morgan fingerprint density at radius 1 is 1.53 bits per heavy atom. The molecule has 0 aliphatic carbocycles. The van der Waals surface area contributed by atoms with Crippen LogP contribution in [0.3, 0.4) is 0 Å². The third kappa shape index (κ3) is 2.33. The zero-order valence-electron chi connectivity index (χ0n) is 9.35. The highest BCUT2D eigenvalue weighted by molar-refractivity contribution is 5.97. The van der Waals surface area contributed by atoms with Gasteiger partial charge >= 0.3 is 0 Å². The number of carbonyl (C=O) groups is 1. The molecule has 2 aromatic rings. The highest BCUT2D eigenvalue weighted by Crippen LogP contribution is 2.13. The summed E-state index contributed by atoms with van der Waals surface area (Å²) in [7, 11) is 1.80. The van der Waals surface area contributed by atoms with E-state index in [9.17, 15) is 9.18 Å². The van der Waals surface area contributed by atoms with Crippen LogP contribution in [-0.2, 0) is 13.5 Å². The van der Waals surface area contributed by atoms with E-state index in [1.165, 1.54) is 12.1 Å². The average molecular weight is 233 g/mol. The largest absolute Gasteiger partial charge is 0.396 e. The van der Waals surface area contributed by atoms with E-state index in [-0.39, 0.29) is 17.9 Å². The van der Waals surface area contributed by atoms with Gasteiger partial charge in [0.1, 0.15) is 11.6 Å². The van der Waals surface area contributed by atoms with Gasteiger partial charge in [-0.25, -0.2) is 9.37 Å². The average Bonchev–Trinajstić information content (AvgIpc) is 2.68. The fraction of sp³-hybridized carbons (Fsp3) is 0.167. The Kier molecular flexibility index (Phi) is 2.91. The fourth-order valence-electron chi connectivity index (χ4n) is 1.51. The van der Waals surface area contributed by atoms with Crippen LogP contribution in [0.15, 0.2) is 30.6 Å². The minimum absolute atomic E-state index is 0.0403. The maximum absolute atomic E-state index is 13.2. The molecule has 0 atom stereocenters. The number of hydrogen-bond acceptors (Lipinski definition) is 3. The number of carbonyl (C=O) groups excluding carboxylic acids is 1. The first kappa shape index (κ1) is 11.3. The topological polar surface area (TPSA) is 60.9 Å². The molecule has 0 saturated heterocycles. The van der Waals surface area contributed by atoms with E-state index in [4.69, 9.17) is 5.73 Å². The summed E-state index contributed by atoms with van der Waals surface area (Å²) in [6, 6.07) is 4.06. The number of halogens is 1. The molecule has 1 aromatic heterocycles. The number of anilines is 1. The van der Waals surface area contributed by atoms with Gasteiger partial charge in [-0.15, -0.1) is 0 Å². The van der Waals surface area contributed by atoms with Gasteiger partial charge in [-0.2, -0.15) is 0 Å². The minimum atomic E-state index is -0.573. The number of nitrogens with two attached hydrogens (primary N) is 1. The molecule has 1 heterocycles. The second-order valence-electron chi connectivity index (χ2n) is 3.79. The van der Waals surface area contributed by atoms with Crippen LogP contribution in [0.2, 0.25) is 0 Å². The van der Waals surface area contributed by atoms with E-state index >= 15 is 0 Å². The molecule has 0 unspecified atom stereocenters. The van der Waals surface area contributed by atoms with Crippen LogP contribution in [0.5, 0.6) is 0 Å². The molecular formula is C12H12FN3O. The molecule has 5 heteroatoms. The Bertz CT molecular complexity index is 563. The number of hydrogen-bond donors (Lipinski definition) is 1. The zero-order chi connectivity index (χ0) is 12.4. The molecule has 2 rings (SSSR count). The van der Waals surface area contributed by atoms with Crippen LogP contribution in [0.25, 0.3) is 0 Å². The van der Waals surface area contributed by atoms with Gasteiger partial charge in [-0.3, -0.25) is 4.79 Å². The third-order valence-corrected chi connectivity index (χ3v) is 2.56. The molecule has 4 nitrogen and oxygen atoms in total. The lowest BCUT2D eigenvalue weighted by Crippen LogP contribution is -2.08. The first-order chi connectivity index (χ1) is 8.08. The van der Waals surface area contributed by atoms with Gasteiger partial charge in [-0.1, -0.05) is 0 Å². The molecule has 0 amide bonds. The second-order valence-corrected chi connectivity index (χ2v) is 3.79. The van der Waals surface area contributed by atoms with Gasteiger partial charge in [0.05, 0.1) is 12.1 Å². The Balaban J connectivity index is 2.20. The number of rotatable bonds is 3. The molecule has 0 radical (unpaired) electrons. The number of aromatic nitrogens is 2. The number of benzene rings is 1. The lowest BCUT2D eigenvalue weighted by molar-refractivity contribution is 0.0989. The molecule has 0 aliphatic rings. The molecule has 88 valence electrons. The molecule has 0 spiro atoms. The summed E-state index contributed by atoms with van der Waals surface area (Å²) < 4.78 is 15.0. The molecule has 17 heavy (non-hydrogen) atoms. The Labute approximate surface area is 97.9 Å². The second kappa shape index (κ2) is 4.37. The predicted molar refractivity (Wildman–Crippen MR) is 62.1 cm³/mol. The number of nitrogen functional groups attached to an aromatic ring is 1. The molecule has 0 bridgehead atoms. The van der Waals surface area contributed by atoms with Gasteiger partial charge in [0, 0.05) is 25.0 Å². The van der Waals surface area contributed by atoms with E-state index in [0.717, 1.165) is 6.07 Å². The fourth-order valence-corrected chi connectivity index (χ4v) is 1.51. The Morgan fingerprint density at radius 2 is 2.29 bits per heavy atom. The number of imidazole rings is 1. The van der Waals surface area contributed by atoms with Crippen LogP contribution >= 0.6 is 0 Å². The van der Waals surface area contributed by atoms with Crippen molar-refractivity contribution in [3.8, 4) is 0 Å². The van der Waals surface area contributed by atoms with Crippen LogP contribution in [0, 0.1) is 5.82 Å². The van der Waals surface area contributed by atoms with Gasteiger partial charge in [0.2, 0.25) is 0 Å². The van der Waals surface area contributed by atoms with Crippen LogP contribution < -0.4 is 5.73 Å². The van der Waals surface area contributed by atoms with Crippen molar-refractivity contribution in [1.82, 2.24) is 9.55 Å². The number of nitrogens with zero attached hydrogens (tertiary/aromatic N) is 2. The Hall–Kier alpha value is -2.17. The Morgan fingerprint density at radius 3 is 2.88 bits per heavy atom. The zero-order valence-corrected chi connectivity index (χ0v) is 9.35. The molecule has 0 saturated carbocycles. The van der Waals surface area contributed by atoms with Crippen molar-refractivity contribution in [3.63, 3.8) is 0 Å². The highest BCUT2D eigenvalue weighted by atomic mass is 19.1. The van der Waals surface area contributed by atoms with Crippen molar-refractivity contribution in [2.75, 3.05) is 5.73 Å². The van der Waals surface area contributed by atoms with Gasteiger partial charge in [0.25, 0.3) is 0 Å². The lowest BCUT2D eigenvalue weighted by Gasteiger charge is -2.03. The van der Waals surface area contributed by atoms with E-state index in [2.05, 4.69) is 4.98 Å².